The van der Waals surface area contributed by atoms with Gasteiger partial charge in [-0.25, -0.2) is 4.52 Å². The van der Waals surface area contributed by atoms with Crippen LogP contribution >= 0.6 is 0 Å². The van der Waals surface area contributed by atoms with Crippen LogP contribution < -0.4 is 10.2 Å². The zero-order chi connectivity index (χ0) is 19.9. The van der Waals surface area contributed by atoms with Crippen LogP contribution in [-0.4, -0.2) is 66.4 Å². The van der Waals surface area contributed by atoms with Crippen LogP contribution in [-0.2, 0) is 4.74 Å². The summed E-state index contributed by atoms with van der Waals surface area (Å²) in [5.74, 6) is 0. The molecule has 0 unspecified atom stereocenters. The molecule has 6 rings (SSSR count). The van der Waals surface area contributed by atoms with Gasteiger partial charge < -0.3 is 15.0 Å². The van der Waals surface area contributed by atoms with E-state index in [1.807, 2.05) is 10.7 Å². The van der Waals surface area contributed by atoms with Gasteiger partial charge in [-0.05, 0) is 36.1 Å². The monoisotopic (exact) mass is 403 g/mol. The molecule has 30 heavy (non-hydrogen) atoms. The van der Waals surface area contributed by atoms with Crippen molar-refractivity contribution in [2.24, 2.45) is 0 Å². The minimum absolute atomic E-state index is 0.156. The molecule has 156 valence electrons. The second-order valence-corrected chi connectivity index (χ2v) is 8.71. The second kappa shape index (κ2) is 7.69. The van der Waals surface area contributed by atoms with Crippen molar-refractivity contribution in [2.45, 2.75) is 25.0 Å². The number of benzene rings is 1. The number of piperazine rings is 1. The van der Waals surface area contributed by atoms with Gasteiger partial charge in [0.15, 0.2) is 0 Å². The van der Waals surface area contributed by atoms with Crippen molar-refractivity contribution in [2.75, 3.05) is 50.8 Å². The summed E-state index contributed by atoms with van der Waals surface area (Å²) in [6.07, 6.45) is 7.01. The van der Waals surface area contributed by atoms with Crippen LogP contribution in [0.2, 0.25) is 0 Å². The summed E-state index contributed by atoms with van der Waals surface area (Å²) in [6, 6.07) is 14.1. The topological polar surface area (TPSA) is 45.0 Å². The predicted molar refractivity (Wildman–Crippen MR) is 119 cm³/mol. The first-order valence-corrected chi connectivity index (χ1v) is 11.2. The van der Waals surface area contributed by atoms with Gasteiger partial charge in [-0.3, -0.25) is 4.90 Å². The van der Waals surface area contributed by atoms with Crippen molar-refractivity contribution in [3.63, 3.8) is 0 Å². The number of morpholine rings is 1. The molecule has 2 saturated heterocycles. The summed E-state index contributed by atoms with van der Waals surface area (Å²) in [5.41, 5.74) is 6.15. The highest BCUT2D eigenvalue weighted by atomic mass is 16.5. The van der Waals surface area contributed by atoms with Crippen LogP contribution in [0.4, 0.5) is 5.69 Å². The number of hydrogen-bond donors (Lipinski definition) is 1. The van der Waals surface area contributed by atoms with Gasteiger partial charge in [0.1, 0.15) is 0 Å². The number of ether oxygens (including phenoxy) is 1. The predicted octanol–water partition coefficient (Wildman–Crippen LogP) is 2.95. The Bertz CT molecular complexity index is 1010. The standard InChI is InChI=1S/C24H29N5O/c1-3-19(24-16-25-9-14-30-24)4-2-18(1)20-15-23-22(7-8-26-29(23)17-20)28-12-10-27(11-13-28)21-5-6-21/h1-4,7-8,15,17,21,24-25H,5-6,9-14,16H2/t24-/m0/s1. The van der Waals surface area contributed by atoms with Crippen LogP contribution in [0.15, 0.2) is 48.8 Å². The lowest BCUT2D eigenvalue weighted by Crippen LogP contribution is -2.47. The number of nitrogens with zero attached hydrogens (tertiary/aromatic N) is 4. The van der Waals surface area contributed by atoms with Crippen LogP contribution in [0.5, 0.6) is 0 Å². The molecular weight excluding hydrogens is 374 g/mol. The normalized spacial score (nSPS) is 23.2. The lowest BCUT2D eigenvalue weighted by molar-refractivity contribution is 0.0277. The van der Waals surface area contributed by atoms with Crippen molar-refractivity contribution in [3.05, 3.63) is 54.4 Å². The van der Waals surface area contributed by atoms with Gasteiger partial charge in [0.25, 0.3) is 0 Å². The van der Waals surface area contributed by atoms with Crippen LogP contribution in [0, 0.1) is 0 Å². The third-order valence-corrected chi connectivity index (χ3v) is 6.75. The minimum Gasteiger partial charge on any atom is -0.371 e. The van der Waals surface area contributed by atoms with Crippen molar-refractivity contribution in [1.29, 1.82) is 0 Å². The molecule has 6 heteroatoms. The molecule has 4 heterocycles. The molecule has 1 aliphatic carbocycles. The highest BCUT2D eigenvalue weighted by molar-refractivity contribution is 5.80. The molecule has 1 saturated carbocycles. The fraction of sp³-hybridized carbons (Fsp3) is 0.458. The van der Waals surface area contributed by atoms with Gasteiger partial charge in [-0.15, -0.1) is 0 Å². The Morgan fingerprint density at radius 1 is 0.967 bits per heavy atom. The molecule has 1 N–H and O–H groups in total. The van der Waals surface area contributed by atoms with Gasteiger partial charge in [0.2, 0.25) is 0 Å². The summed E-state index contributed by atoms with van der Waals surface area (Å²) >= 11 is 0. The summed E-state index contributed by atoms with van der Waals surface area (Å²) in [6.45, 7) is 7.15. The molecule has 1 atom stereocenters. The summed E-state index contributed by atoms with van der Waals surface area (Å²) in [5, 5.41) is 7.98. The minimum atomic E-state index is 0.156. The maximum atomic E-state index is 5.88. The van der Waals surface area contributed by atoms with E-state index in [9.17, 15) is 0 Å². The Morgan fingerprint density at radius 2 is 1.80 bits per heavy atom. The molecule has 0 bridgehead atoms. The van der Waals surface area contributed by atoms with E-state index in [2.05, 4.69) is 62.8 Å². The highest BCUT2D eigenvalue weighted by Gasteiger charge is 2.31. The third kappa shape index (κ3) is 3.49. The average Bonchev–Trinajstić information content (AvgIpc) is 3.58. The Kier molecular flexibility index (Phi) is 4.71. The lowest BCUT2D eigenvalue weighted by Gasteiger charge is -2.36. The van der Waals surface area contributed by atoms with Crippen molar-refractivity contribution < 1.29 is 4.74 Å². The average molecular weight is 404 g/mol. The van der Waals surface area contributed by atoms with Gasteiger partial charge >= 0.3 is 0 Å². The largest absolute Gasteiger partial charge is 0.371 e. The summed E-state index contributed by atoms with van der Waals surface area (Å²) < 4.78 is 7.91. The smallest absolute Gasteiger partial charge is 0.0949 e. The SMILES string of the molecule is c1cc(N2CCN(C3CC3)CC2)c2cc(-c3ccc([C@@H]4CNCCO4)cc3)cn2n1. The zero-order valence-electron chi connectivity index (χ0n) is 17.3. The number of hydrogen-bond acceptors (Lipinski definition) is 5. The molecule has 6 nitrogen and oxygen atoms in total. The summed E-state index contributed by atoms with van der Waals surface area (Å²) in [4.78, 5) is 5.18. The molecule has 3 fully saturated rings. The molecule has 3 aliphatic rings. The number of rotatable bonds is 4. The number of nitrogens with one attached hydrogen (secondary N) is 1. The maximum absolute atomic E-state index is 5.88. The summed E-state index contributed by atoms with van der Waals surface area (Å²) in [7, 11) is 0. The highest BCUT2D eigenvalue weighted by Crippen LogP contribution is 2.32. The Morgan fingerprint density at radius 3 is 2.53 bits per heavy atom. The van der Waals surface area contributed by atoms with Gasteiger partial charge in [-0.1, -0.05) is 24.3 Å². The first kappa shape index (κ1) is 18.4. The van der Waals surface area contributed by atoms with Gasteiger partial charge in [0, 0.05) is 63.3 Å². The second-order valence-electron chi connectivity index (χ2n) is 8.71. The van der Waals surface area contributed by atoms with E-state index in [0.29, 0.717) is 0 Å². The Hall–Kier alpha value is -2.41. The van der Waals surface area contributed by atoms with E-state index >= 15 is 0 Å². The molecule has 0 radical (unpaired) electrons. The van der Waals surface area contributed by atoms with E-state index < -0.39 is 0 Å². The Labute approximate surface area is 177 Å². The lowest BCUT2D eigenvalue weighted by atomic mass is 10.0. The number of anilines is 1. The van der Waals surface area contributed by atoms with E-state index in [0.717, 1.165) is 38.8 Å². The first-order valence-electron chi connectivity index (χ1n) is 11.2. The molecule has 2 aliphatic heterocycles. The van der Waals surface area contributed by atoms with E-state index in [-0.39, 0.29) is 6.10 Å². The van der Waals surface area contributed by atoms with E-state index in [1.54, 1.807) is 0 Å². The molecule has 0 amide bonds. The van der Waals surface area contributed by atoms with Crippen LogP contribution in [0.3, 0.4) is 0 Å². The van der Waals surface area contributed by atoms with Crippen LogP contribution in [0.1, 0.15) is 24.5 Å². The van der Waals surface area contributed by atoms with E-state index in [4.69, 9.17) is 4.74 Å². The zero-order valence-corrected chi connectivity index (χ0v) is 17.3. The van der Waals surface area contributed by atoms with Crippen molar-refractivity contribution >= 4 is 11.2 Å². The molecule has 3 aromatic rings. The van der Waals surface area contributed by atoms with Crippen molar-refractivity contribution in [1.82, 2.24) is 19.8 Å². The van der Waals surface area contributed by atoms with Gasteiger partial charge in [-0.2, -0.15) is 5.10 Å². The van der Waals surface area contributed by atoms with Crippen molar-refractivity contribution in [3.8, 4) is 11.1 Å². The molecule has 0 spiro atoms. The maximum Gasteiger partial charge on any atom is 0.0949 e. The molecule has 1 aromatic carbocycles. The number of aromatic nitrogens is 2. The fourth-order valence-electron chi connectivity index (χ4n) is 4.86. The van der Waals surface area contributed by atoms with Crippen LogP contribution in [0.25, 0.3) is 16.6 Å². The van der Waals surface area contributed by atoms with E-state index in [1.165, 1.54) is 53.8 Å². The van der Waals surface area contributed by atoms with Gasteiger partial charge in [0.05, 0.1) is 23.9 Å². The number of fused-ring (bicyclic) bond motifs is 1. The quantitative estimate of drug-likeness (QED) is 0.726. The third-order valence-electron chi connectivity index (χ3n) is 6.75. The first-order chi connectivity index (χ1) is 14.8. The Balaban J connectivity index is 1.24. The fourth-order valence-corrected chi connectivity index (χ4v) is 4.86. The molecule has 2 aromatic heterocycles. The molecular formula is C24H29N5O.